The summed E-state index contributed by atoms with van der Waals surface area (Å²) in [6.45, 7) is 29.9. The van der Waals surface area contributed by atoms with Crippen LogP contribution in [0.3, 0.4) is 0 Å². The topological polar surface area (TPSA) is 80.3 Å². The van der Waals surface area contributed by atoms with Gasteiger partial charge in [0.25, 0.3) is 0 Å². The van der Waals surface area contributed by atoms with Crippen LogP contribution >= 0.6 is 0 Å². The molecule has 0 amide bonds. The number of hydrogen-bond donors (Lipinski definition) is 0. The molecule has 0 saturated heterocycles. The smallest absolute Gasteiger partial charge is 0.0786 e. The van der Waals surface area contributed by atoms with Crippen LogP contribution in [0.2, 0.25) is 0 Å². The maximum Gasteiger partial charge on any atom is 0.0786 e. The molecule has 0 unspecified atom stereocenters. The van der Waals surface area contributed by atoms with E-state index in [0.29, 0.717) is 0 Å². The number of unbranched alkanes of at least 4 members (excludes halogenated alkanes) is 28. The van der Waals surface area contributed by atoms with E-state index in [1.165, 1.54) is 267 Å². The van der Waals surface area contributed by atoms with E-state index >= 15 is 0 Å². The zero-order chi connectivity index (χ0) is 44.6. The fourth-order valence-electron chi connectivity index (χ4n) is 8.64. The quantitative estimate of drug-likeness (QED) is 0.0452. The molecular formula is C53H110N2O4. The minimum absolute atomic E-state index is 0.0880. The van der Waals surface area contributed by atoms with Crippen LogP contribution in [0.15, 0.2) is 0 Å². The highest BCUT2D eigenvalue weighted by Gasteiger charge is 2.22. The highest BCUT2D eigenvalue weighted by molar-refractivity contribution is 5.67. The Labute approximate surface area is 372 Å². The van der Waals surface area contributed by atoms with E-state index < -0.39 is 11.9 Å². The number of rotatable bonds is 44. The number of nitrogens with zero attached hydrogens (tertiary/aromatic N) is 2. The Hall–Kier alpha value is -1.14. The molecule has 0 rings (SSSR count). The molecular weight excluding hydrogens is 729 g/mol. The third-order valence-corrected chi connectivity index (χ3v) is 13.4. The largest absolute Gasteiger partial charge is 0.550 e. The van der Waals surface area contributed by atoms with Gasteiger partial charge in [-0.25, -0.2) is 0 Å². The minimum Gasteiger partial charge on any atom is -0.550 e. The van der Waals surface area contributed by atoms with Crippen molar-refractivity contribution in [2.45, 2.75) is 280 Å². The van der Waals surface area contributed by atoms with E-state index in [9.17, 15) is 19.8 Å². The molecule has 0 aromatic rings. The van der Waals surface area contributed by atoms with Gasteiger partial charge in [0.1, 0.15) is 0 Å². The van der Waals surface area contributed by atoms with E-state index in [2.05, 4.69) is 55.4 Å². The minimum atomic E-state index is -1.23. The normalized spacial score (nSPS) is 11.5. The lowest BCUT2D eigenvalue weighted by Gasteiger charge is -2.37. The Morgan fingerprint density at radius 2 is 0.441 bits per heavy atom. The molecule has 0 bridgehead atoms. The van der Waals surface area contributed by atoms with Crippen LogP contribution in [-0.4, -0.2) is 73.3 Å². The van der Waals surface area contributed by atoms with Crippen molar-refractivity contribution >= 4 is 11.9 Å². The summed E-state index contributed by atoms with van der Waals surface area (Å²) in [5.74, 6) is -2.45. The van der Waals surface area contributed by atoms with Crippen molar-refractivity contribution in [2.24, 2.45) is 0 Å². The Bertz CT molecular complexity index is 716. The number of quaternary nitrogens is 2. The Morgan fingerprint density at radius 1 is 0.271 bits per heavy atom. The molecule has 0 radical (unpaired) electrons. The lowest BCUT2D eigenvalue weighted by atomic mass is 10.1. The first-order chi connectivity index (χ1) is 28.6. The van der Waals surface area contributed by atoms with Gasteiger partial charge in [-0.05, 0) is 98.3 Å². The number of aliphatic carboxylic acids is 2. The maximum absolute atomic E-state index is 9.66. The van der Waals surface area contributed by atoms with Crippen molar-refractivity contribution in [1.29, 1.82) is 0 Å². The molecule has 0 saturated carbocycles. The number of carbonyl (C=O) groups excluding carboxylic acids is 2. The van der Waals surface area contributed by atoms with Gasteiger partial charge in [-0.15, -0.1) is 0 Å². The number of carboxylic acid groups (broad SMARTS) is 2. The summed E-state index contributed by atoms with van der Waals surface area (Å²) in [6, 6.07) is 0. The van der Waals surface area contributed by atoms with Crippen LogP contribution in [0.4, 0.5) is 0 Å². The van der Waals surface area contributed by atoms with Gasteiger partial charge in [0.15, 0.2) is 0 Å². The van der Waals surface area contributed by atoms with Crippen molar-refractivity contribution < 1.29 is 28.8 Å². The molecule has 0 fully saturated rings. The lowest BCUT2D eigenvalue weighted by Crippen LogP contribution is -2.49. The van der Waals surface area contributed by atoms with E-state index in [1.807, 2.05) is 0 Å². The first kappa shape index (κ1) is 62.2. The average molecular weight is 839 g/mol. The van der Waals surface area contributed by atoms with E-state index in [1.54, 1.807) is 0 Å². The van der Waals surface area contributed by atoms with Crippen molar-refractivity contribution in [3.63, 3.8) is 0 Å². The lowest BCUT2D eigenvalue weighted by molar-refractivity contribution is -0.925. The predicted molar refractivity (Wildman–Crippen MR) is 256 cm³/mol. The van der Waals surface area contributed by atoms with Gasteiger partial charge < -0.3 is 28.8 Å². The van der Waals surface area contributed by atoms with Crippen molar-refractivity contribution in [3.8, 4) is 0 Å². The van der Waals surface area contributed by atoms with Crippen LogP contribution in [0.1, 0.15) is 280 Å². The first-order valence-corrected chi connectivity index (χ1v) is 26.7. The van der Waals surface area contributed by atoms with Crippen molar-refractivity contribution in [3.05, 3.63) is 0 Å². The molecule has 0 aliphatic rings. The molecule has 0 aromatic carbocycles. The molecule has 6 nitrogen and oxygen atoms in total. The van der Waals surface area contributed by atoms with E-state index in [4.69, 9.17) is 0 Å². The predicted octanol–water partition coefficient (Wildman–Crippen LogP) is 13.9. The SMILES string of the molecule is CCCCCCCCCC[N+](CC)(CC)CCCCCCCCCC.CCCCCCCCCC[N+](CC)(CC)CCCCCCCCCC.O=C([O-])CCCC(=O)[O-]. The van der Waals surface area contributed by atoms with Crippen molar-refractivity contribution in [1.82, 2.24) is 0 Å². The first-order valence-electron chi connectivity index (χ1n) is 26.7. The van der Waals surface area contributed by atoms with Gasteiger partial charge in [-0.1, -0.05) is 182 Å². The maximum atomic E-state index is 9.66. The monoisotopic (exact) mass is 839 g/mol. The molecule has 0 heterocycles. The summed E-state index contributed by atoms with van der Waals surface area (Å²) in [7, 11) is 0. The van der Waals surface area contributed by atoms with Crippen molar-refractivity contribution in [2.75, 3.05) is 52.4 Å². The second-order valence-electron chi connectivity index (χ2n) is 18.3. The molecule has 59 heavy (non-hydrogen) atoms. The van der Waals surface area contributed by atoms with Crippen LogP contribution in [-0.2, 0) is 9.59 Å². The molecule has 0 aliphatic carbocycles. The summed E-state index contributed by atoms with van der Waals surface area (Å²) in [6.07, 6.45) is 46.0. The number of carboxylic acids is 2. The van der Waals surface area contributed by atoms with Crippen LogP contribution < -0.4 is 10.2 Å². The van der Waals surface area contributed by atoms with Gasteiger partial charge in [-0.3, -0.25) is 0 Å². The summed E-state index contributed by atoms with van der Waals surface area (Å²) in [5.41, 5.74) is 0. The Balaban J connectivity index is -0.000000880. The summed E-state index contributed by atoms with van der Waals surface area (Å²) in [5, 5.41) is 19.3. The third-order valence-electron chi connectivity index (χ3n) is 13.4. The van der Waals surface area contributed by atoms with Gasteiger partial charge in [0, 0.05) is 11.9 Å². The van der Waals surface area contributed by atoms with E-state index in [-0.39, 0.29) is 19.3 Å². The average Bonchev–Trinajstić information content (AvgIpc) is 3.23. The fraction of sp³-hybridized carbons (Fsp3) is 0.962. The van der Waals surface area contributed by atoms with Crippen LogP contribution in [0.25, 0.3) is 0 Å². The molecule has 0 N–H and O–H groups in total. The van der Waals surface area contributed by atoms with Crippen LogP contribution in [0, 0.1) is 0 Å². The standard InChI is InChI=1S/2C24H52N.C5H8O4/c2*1-5-9-11-13-15-17-19-21-23-25(7-3,8-4)24-22-20-18-16-14-12-10-6-2;6-4(7)2-1-3-5(8)9/h2*5-24H2,1-4H3;1-3H2,(H,6,7)(H,8,9)/q2*+1;/p-2. The highest BCUT2D eigenvalue weighted by atomic mass is 16.4. The Morgan fingerprint density at radius 3 is 0.593 bits per heavy atom. The van der Waals surface area contributed by atoms with Crippen LogP contribution in [0.5, 0.6) is 0 Å². The second kappa shape index (κ2) is 49.5. The number of hydrogen-bond acceptors (Lipinski definition) is 4. The highest BCUT2D eigenvalue weighted by Crippen LogP contribution is 2.18. The van der Waals surface area contributed by atoms with Gasteiger partial charge >= 0.3 is 0 Å². The molecule has 356 valence electrons. The zero-order valence-corrected chi connectivity index (χ0v) is 41.9. The summed E-state index contributed by atoms with van der Waals surface area (Å²) < 4.78 is 2.76. The summed E-state index contributed by atoms with van der Waals surface area (Å²) in [4.78, 5) is 19.3. The van der Waals surface area contributed by atoms with Gasteiger partial charge in [0.2, 0.25) is 0 Å². The molecule has 0 spiro atoms. The van der Waals surface area contributed by atoms with E-state index in [0.717, 1.165) is 0 Å². The molecule has 6 heteroatoms. The summed E-state index contributed by atoms with van der Waals surface area (Å²) >= 11 is 0. The van der Waals surface area contributed by atoms with Gasteiger partial charge in [0.05, 0.1) is 52.4 Å². The molecule has 0 aliphatic heterocycles. The van der Waals surface area contributed by atoms with Gasteiger partial charge in [-0.2, -0.15) is 0 Å². The zero-order valence-electron chi connectivity index (χ0n) is 41.9. The molecule has 0 atom stereocenters. The molecule has 0 aromatic heterocycles. The second-order valence-corrected chi connectivity index (χ2v) is 18.3. The number of carbonyl (C=O) groups is 2. The Kier molecular flexibility index (Phi) is 52.2. The third kappa shape index (κ3) is 46.2. The fourth-order valence-corrected chi connectivity index (χ4v) is 8.64.